The zero-order valence-corrected chi connectivity index (χ0v) is 4.92. The van der Waals surface area contributed by atoms with Crippen molar-refractivity contribution >= 4 is 6.08 Å². The lowest BCUT2D eigenvalue weighted by Gasteiger charge is -1.97. The molecule has 1 radical (unpaired) electrons. The molecule has 0 bridgehead atoms. The summed E-state index contributed by atoms with van der Waals surface area (Å²) in [6, 6.07) is 0. The Hall–Kier alpha value is -1.05. The van der Waals surface area contributed by atoms with E-state index in [0.717, 1.165) is 24.2 Å². The summed E-state index contributed by atoms with van der Waals surface area (Å²) in [5.41, 5.74) is 1.11. The van der Waals surface area contributed by atoms with E-state index < -0.39 is 0 Å². The number of aromatic nitrogens is 1. The van der Waals surface area contributed by atoms with Crippen LogP contribution in [-0.4, -0.2) is 5.16 Å². The molecule has 0 aromatic carbocycles. The molecule has 0 fully saturated rings. The van der Waals surface area contributed by atoms with Crippen LogP contribution < -0.4 is 0 Å². The van der Waals surface area contributed by atoms with Gasteiger partial charge in [-0.2, -0.15) is 0 Å². The van der Waals surface area contributed by atoms with E-state index in [9.17, 15) is 0 Å². The minimum atomic E-state index is 0.876. The van der Waals surface area contributed by atoms with Crippen LogP contribution in [0.5, 0.6) is 0 Å². The van der Waals surface area contributed by atoms with Gasteiger partial charge in [-0.15, -0.1) is 0 Å². The Morgan fingerprint density at radius 1 is 1.67 bits per heavy atom. The summed E-state index contributed by atoms with van der Waals surface area (Å²) in [6.07, 6.45) is 8.93. The maximum absolute atomic E-state index is 4.86. The van der Waals surface area contributed by atoms with E-state index in [1.165, 1.54) is 0 Å². The van der Waals surface area contributed by atoms with Crippen molar-refractivity contribution in [3.63, 3.8) is 0 Å². The van der Waals surface area contributed by atoms with E-state index in [4.69, 9.17) is 4.52 Å². The van der Waals surface area contributed by atoms with E-state index in [1.54, 1.807) is 0 Å². The summed E-state index contributed by atoms with van der Waals surface area (Å²) < 4.78 is 4.86. The van der Waals surface area contributed by atoms with Crippen LogP contribution in [0.25, 0.3) is 6.08 Å². The van der Waals surface area contributed by atoms with Crippen molar-refractivity contribution in [2.45, 2.75) is 12.8 Å². The Labute approximate surface area is 53.2 Å². The molecule has 0 spiro atoms. The monoisotopic (exact) mass is 120 g/mol. The first-order valence-electron chi connectivity index (χ1n) is 2.99. The lowest BCUT2D eigenvalue weighted by molar-refractivity contribution is 0.409. The number of hydrogen-bond acceptors (Lipinski definition) is 2. The van der Waals surface area contributed by atoms with Gasteiger partial charge in [0.05, 0.1) is 0 Å². The van der Waals surface area contributed by atoms with Crippen LogP contribution in [0.15, 0.2) is 10.6 Å². The molecule has 1 aliphatic rings. The highest BCUT2D eigenvalue weighted by atomic mass is 16.5. The summed E-state index contributed by atoms with van der Waals surface area (Å²) in [5.74, 6) is 0.876. The second-order valence-corrected chi connectivity index (χ2v) is 2.08. The van der Waals surface area contributed by atoms with Gasteiger partial charge in [0.25, 0.3) is 0 Å². The quantitative estimate of drug-likeness (QED) is 0.517. The molecule has 0 atom stereocenters. The van der Waals surface area contributed by atoms with Gasteiger partial charge in [-0.1, -0.05) is 11.2 Å². The Balaban J connectivity index is 2.53. The Morgan fingerprint density at radius 2 is 2.67 bits per heavy atom. The van der Waals surface area contributed by atoms with Crippen molar-refractivity contribution in [1.29, 1.82) is 0 Å². The van der Waals surface area contributed by atoms with Crippen molar-refractivity contribution in [2.75, 3.05) is 0 Å². The Kier molecular flexibility index (Phi) is 0.918. The highest BCUT2D eigenvalue weighted by Crippen LogP contribution is 2.16. The molecule has 2 nitrogen and oxygen atoms in total. The third-order valence-electron chi connectivity index (χ3n) is 1.45. The molecular weight excluding hydrogens is 114 g/mol. The number of allylic oxidation sites excluding steroid dienone is 1. The Bertz CT molecular complexity index is 237. The van der Waals surface area contributed by atoms with Crippen LogP contribution in [0, 0.1) is 6.20 Å². The van der Waals surface area contributed by atoms with Crippen LogP contribution in [-0.2, 0) is 6.42 Å². The molecule has 1 aromatic heterocycles. The smallest absolute Gasteiger partial charge is 0.163 e. The fraction of sp³-hybridized carbons (Fsp3) is 0.286. The number of hydrogen-bond donors (Lipinski definition) is 0. The second kappa shape index (κ2) is 1.72. The molecule has 2 heteroatoms. The second-order valence-electron chi connectivity index (χ2n) is 2.08. The molecule has 0 saturated heterocycles. The van der Waals surface area contributed by atoms with Gasteiger partial charge in [-0.05, 0) is 18.9 Å². The van der Waals surface area contributed by atoms with Gasteiger partial charge < -0.3 is 4.52 Å². The average molecular weight is 120 g/mol. The van der Waals surface area contributed by atoms with Crippen molar-refractivity contribution in [1.82, 2.24) is 5.16 Å². The highest BCUT2D eigenvalue weighted by molar-refractivity contribution is 5.48. The average Bonchev–Trinajstić information content (AvgIpc) is 2.33. The SMILES string of the molecule is [c]1noc2c1CCC=C2. The minimum Gasteiger partial charge on any atom is -0.356 e. The van der Waals surface area contributed by atoms with Crippen LogP contribution in [0.4, 0.5) is 0 Å². The molecule has 1 heterocycles. The fourth-order valence-electron chi connectivity index (χ4n) is 0.965. The molecule has 2 rings (SSSR count). The first kappa shape index (κ1) is 4.79. The van der Waals surface area contributed by atoms with E-state index in [1.807, 2.05) is 6.08 Å². The van der Waals surface area contributed by atoms with Gasteiger partial charge in [-0.25, -0.2) is 0 Å². The van der Waals surface area contributed by atoms with E-state index in [-0.39, 0.29) is 0 Å². The van der Waals surface area contributed by atoms with Crippen LogP contribution in [0.2, 0.25) is 0 Å². The van der Waals surface area contributed by atoms with E-state index >= 15 is 0 Å². The molecule has 0 amide bonds. The molecule has 1 aromatic rings. The summed E-state index contributed by atoms with van der Waals surface area (Å²) in [4.78, 5) is 0. The summed E-state index contributed by atoms with van der Waals surface area (Å²) in [6.45, 7) is 0. The number of aryl methyl sites for hydroxylation is 1. The number of nitrogens with zero attached hydrogens (tertiary/aromatic N) is 1. The highest BCUT2D eigenvalue weighted by Gasteiger charge is 2.07. The predicted octanol–water partition coefficient (Wildman–Crippen LogP) is 1.43. The maximum Gasteiger partial charge on any atom is 0.163 e. The zero-order valence-electron chi connectivity index (χ0n) is 4.92. The van der Waals surface area contributed by atoms with Gasteiger partial charge >= 0.3 is 0 Å². The molecule has 45 valence electrons. The number of fused-ring (bicyclic) bond motifs is 1. The van der Waals surface area contributed by atoms with Crippen LogP contribution in [0.3, 0.4) is 0 Å². The maximum atomic E-state index is 4.86. The molecule has 0 saturated carbocycles. The van der Waals surface area contributed by atoms with Gasteiger partial charge in [0.1, 0.15) is 6.20 Å². The molecule has 0 aliphatic heterocycles. The molecule has 0 N–H and O–H groups in total. The fourth-order valence-corrected chi connectivity index (χ4v) is 0.965. The minimum absolute atomic E-state index is 0.876. The van der Waals surface area contributed by atoms with E-state index in [2.05, 4.69) is 17.4 Å². The molecular formula is C7H6NO. The first-order valence-corrected chi connectivity index (χ1v) is 2.99. The van der Waals surface area contributed by atoms with E-state index in [0.29, 0.717) is 0 Å². The third-order valence-corrected chi connectivity index (χ3v) is 1.45. The molecule has 9 heavy (non-hydrogen) atoms. The van der Waals surface area contributed by atoms with Crippen molar-refractivity contribution < 1.29 is 4.52 Å². The van der Waals surface area contributed by atoms with Crippen LogP contribution >= 0.6 is 0 Å². The van der Waals surface area contributed by atoms with Crippen molar-refractivity contribution in [3.05, 3.63) is 23.6 Å². The third kappa shape index (κ3) is 0.669. The first-order chi connectivity index (χ1) is 4.47. The summed E-state index contributed by atoms with van der Waals surface area (Å²) in [7, 11) is 0. The van der Waals surface area contributed by atoms with Crippen molar-refractivity contribution in [2.24, 2.45) is 0 Å². The Morgan fingerprint density at radius 3 is 3.56 bits per heavy atom. The van der Waals surface area contributed by atoms with Gasteiger partial charge in [-0.3, -0.25) is 0 Å². The normalized spacial score (nSPS) is 15.6. The largest absolute Gasteiger partial charge is 0.356 e. The van der Waals surface area contributed by atoms with Gasteiger partial charge in [0.2, 0.25) is 0 Å². The number of rotatable bonds is 0. The molecule has 1 aliphatic carbocycles. The zero-order chi connectivity index (χ0) is 6.10. The van der Waals surface area contributed by atoms with Gasteiger partial charge in [0.15, 0.2) is 5.76 Å². The summed E-state index contributed by atoms with van der Waals surface area (Å²) >= 11 is 0. The summed E-state index contributed by atoms with van der Waals surface area (Å²) in [5, 5.41) is 3.55. The lowest BCUT2D eigenvalue weighted by Crippen LogP contribution is -1.87. The van der Waals surface area contributed by atoms with Crippen molar-refractivity contribution in [3.8, 4) is 0 Å². The standard InChI is InChI=1S/C7H6NO/c1-2-4-7-6(3-1)5-8-9-7/h2,4H,1,3H2. The molecule has 0 unspecified atom stereocenters. The van der Waals surface area contributed by atoms with Crippen LogP contribution in [0.1, 0.15) is 17.7 Å². The topological polar surface area (TPSA) is 26.0 Å². The lowest BCUT2D eigenvalue weighted by atomic mass is 10.1. The predicted molar refractivity (Wildman–Crippen MR) is 32.7 cm³/mol. The van der Waals surface area contributed by atoms with Gasteiger partial charge in [0, 0.05) is 5.56 Å².